The lowest BCUT2D eigenvalue weighted by molar-refractivity contribution is -0.117. The molecule has 0 aromatic heterocycles. The number of carbonyl (C=O) groups excluding carboxylic acids is 2. The third-order valence-electron chi connectivity index (χ3n) is 5.44. The average molecular weight is 380 g/mol. The molecule has 0 saturated carbocycles. The molecule has 0 spiro atoms. The van der Waals surface area contributed by atoms with Crippen LogP contribution in [0.15, 0.2) is 36.4 Å². The van der Waals surface area contributed by atoms with Gasteiger partial charge in [-0.05, 0) is 62.6 Å². The number of nitrogens with one attached hydrogen (secondary N) is 1. The molecular weight excluding hydrogens is 350 g/mol. The monoisotopic (exact) mass is 379 g/mol. The zero-order valence-corrected chi connectivity index (χ0v) is 17.2. The summed E-state index contributed by atoms with van der Waals surface area (Å²) in [6.07, 6.45) is 0. The predicted molar refractivity (Wildman–Crippen MR) is 113 cm³/mol. The Morgan fingerprint density at radius 3 is 2.21 bits per heavy atom. The van der Waals surface area contributed by atoms with Crippen molar-refractivity contribution in [3.8, 4) is 0 Å². The van der Waals surface area contributed by atoms with Crippen LogP contribution in [0.25, 0.3) is 0 Å². The van der Waals surface area contributed by atoms with Crippen LogP contribution in [0.1, 0.15) is 32.6 Å². The van der Waals surface area contributed by atoms with Gasteiger partial charge < -0.3 is 10.2 Å². The highest BCUT2D eigenvalue weighted by Crippen LogP contribution is 2.17. The molecule has 0 bridgehead atoms. The van der Waals surface area contributed by atoms with Gasteiger partial charge in [0, 0.05) is 37.4 Å². The second kappa shape index (κ2) is 8.57. The lowest BCUT2D eigenvalue weighted by Crippen LogP contribution is -2.50. The Hall–Kier alpha value is -2.66. The van der Waals surface area contributed by atoms with Crippen LogP contribution < -0.4 is 5.32 Å². The second-order valence-corrected chi connectivity index (χ2v) is 7.73. The van der Waals surface area contributed by atoms with Gasteiger partial charge in [0.15, 0.2) is 0 Å². The number of piperazine rings is 1. The molecule has 2 aromatic rings. The zero-order chi connectivity index (χ0) is 20.3. The molecule has 2 amide bonds. The van der Waals surface area contributed by atoms with Crippen LogP contribution >= 0.6 is 0 Å². The summed E-state index contributed by atoms with van der Waals surface area (Å²) in [4.78, 5) is 29.1. The quantitative estimate of drug-likeness (QED) is 0.887. The highest BCUT2D eigenvalue weighted by atomic mass is 16.2. The normalized spacial score (nSPS) is 14.8. The van der Waals surface area contributed by atoms with Crippen molar-refractivity contribution in [1.29, 1.82) is 0 Å². The largest absolute Gasteiger partial charge is 0.336 e. The van der Waals surface area contributed by atoms with Crippen LogP contribution in [0.5, 0.6) is 0 Å². The number of aryl methyl sites for hydroxylation is 4. The number of carbonyl (C=O) groups is 2. The Balaban J connectivity index is 1.51. The number of nitrogens with zero attached hydrogens (tertiary/aromatic N) is 2. The minimum atomic E-state index is -0.0131. The number of hydrogen-bond acceptors (Lipinski definition) is 3. The molecule has 0 radical (unpaired) electrons. The first-order valence-electron chi connectivity index (χ1n) is 9.79. The van der Waals surface area contributed by atoms with Crippen LogP contribution in [0.2, 0.25) is 0 Å². The molecule has 3 rings (SSSR count). The van der Waals surface area contributed by atoms with Gasteiger partial charge in [0.05, 0.1) is 6.54 Å². The minimum absolute atomic E-state index is 0.0131. The van der Waals surface area contributed by atoms with Gasteiger partial charge in [0.1, 0.15) is 0 Å². The molecule has 1 aliphatic heterocycles. The van der Waals surface area contributed by atoms with Crippen molar-refractivity contribution in [3.05, 3.63) is 64.2 Å². The summed E-state index contributed by atoms with van der Waals surface area (Å²) in [5, 5.41) is 2.99. The summed E-state index contributed by atoms with van der Waals surface area (Å²) < 4.78 is 0. The number of amides is 2. The lowest BCUT2D eigenvalue weighted by Gasteiger charge is -2.34. The van der Waals surface area contributed by atoms with E-state index in [0.29, 0.717) is 32.7 Å². The average Bonchev–Trinajstić information content (AvgIpc) is 2.66. The molecule has 0 aliphatic carbocycles. The second-order valence-electron chi connectivity index (χ2n) is 7.73. The molecule has 1 heterocycles. The standard InChI is InChI=1S/C23H29N3O2/c1-16-5-8-21(19(4)13-16)24-22(27)15-25-9-11-26(12-10-25)23(28)20-7-6-17(2)18(3)14-20/h5-8,13-14H,9-12,15H2,1-4H3,(H,24,27). The van der Waals surface area contributed by atoms with E-state index in [2.05, 4.69) is 16.3 Å². The van der Waals surface area contributed by atoms with Crippen molar-refractivity contribution in [2.75, 3.05) is 38.0 Å². The summed E-state index contributed by atoms with van der Waals surface area (Å²) in [7, 11) is 0. The molecule has 5 heteroatoms. The summed E-state index contributed by atoms with van der Waals surface area (Å²) >= 11 is 0. The fourth-order valence-electron chi connectivity index (χ4n) is 3.51. The van der Waals surface area contributed by atoms with Crippen molar-refractivity contribution in [2.45, 2.75) is 27.7 Å². The van der Waals surface area contributed by atoms with Gasteiger partial charge in [-0.25, -0.2) is 0 Å². The first-order valence-corrected chi connectivity index (χ1v) is 9.79. The van der Waals surface area contributed by atoms with Crippen molar-refractivity contribution in [2.24, 2.45) is 0 Å². The van der Waals surface area contributed by atoms with E-state index >= 15 is 0 Å². The minimum Gasteiger partial charge on any atom is -0.336 e. The fourth-order valence-corrected chi connectivity index (χ4v) is 3.51. The van der Waals surface area contributed by atoms with Gasteiger partial charge in [-0.15, -0.1) is 0 Å². The molecule has 1 saturated heterocycles. The number of hydrogen-bond donors (Lipinski definition) is 1. The van der Waals surface area contributed by atoms with Crippen molar-refractivity contribution in [1.82, 2.24) is 9.80 Å². The van der Waals surface area contributed by atoms with Gasteiger partial charge in [0.2, 0.25) is 5.91 Å². The smallest absolute Gasteiger partial charge is 0.253 e. The number of rotatable bonds is 4. The maximum Gasteiger partial charge on any atom is 0.253 e. The first kappa shape index (κ1) is 20.1. The van der Waals surface area contributed by atoms with Crippen LogP contribution in [0, 0.1) is 27.7 Å². The summed E-state index contributed by atoms with van der Waals surface area (Å²) in [5.41, 5.74) is 6.17. The molecule has 1 N–H and O–H groups in total. The van der Waals surface area contributed by atoms with Crippen LogP contribution in [-0.2, 0) is 4.79 Å². The van der Waals surface area contributed by atoms with E-state index in [1.807, 2.05) is 62.9 Å². The van der Waals surface area contributed by atoms with Gasteiger partial charge in [-0.2, -0.15) is 0 Å². The molecule has 28 heavy (non-hydrogen) atoms. The van der Waals surface area contributed by atoms with E-state index in [0.717, 1.165) is 22.4 Å². The third-order valence-corrected chi connectivity index (χ3v) is 5.44. The van der Waals surface area contributed by atoms with Gasteiger partial charge in [-0.3, -0.25) is 14.5 Å². The molecule has 0 atom stereocenters. The summed E-state index contributed by atoms with van der Waals surface area (Å²) in [5.74, 6) is 0.0587. The van der Waals surface area contributed by atoms with E-state index in [1.165, 1.54) is 11.1 Å². The predicted octanol–water partition coefficient (Wildman–Crippen LogP) is 3.32. The van der Waals surface area contributed by atoms with E-state index in [1.54, 1.807) is 0 Å². The summed E-state index contributed by atoms with van der Waals surface area (Å²) in [6, 6.07) is 11.9. The lowest BCUT2D eigenvalue weighted by atomic mass is 10.1. The molecule has 5 nitrogen and oxygen atoms in total. The molecular formula is C23H29N3O2. The van der Waals surface area contributed by atoms with Gasteiger partial charge >= 0.3 is 0 Å². The maximum atomic E-state index is 12.7. The van der Waals surface area contributed by atoms with Gasteiger partial charge in [-0.1, -0.05) is 23.8 Å². The third kappa shape index (κ3) is 4.78. The van der Waals surface area contributed by atoms with E-state index in [4.69, 9.17) is 0 Å². The maximum absolute atomic E-state index is 12.7. The topological polar surface area (TPSA) is 52.7 Å². The Morgan fingerprint density at radius 2 is 1.57 bits per heavy atom. The van der Waals surface area contributed by atoms with E-state index in [-0.39, 0.29) is 11.8 Å². The Kier molecular flexibility index (Phi) is 6.15. The first-order chi connectivity index (χ1) is 13.3. The SMILES string of the molecule is Cc1ccc(NC(=O)CN2CCN(C(=O)c3ccc(C)c(C)c3)CC2)c(C)c1. The van der Waals surface area contributed by atoms with Crippen LogP contribution in [0.3, 0.4) is 0 Å². The Labute approximate surface area is 167 Å². The fraction of sp³-hybridized carbons (Fsp3) is 0.391. The van der Waals surface area contributed by atoms with Crippen LogP contribution in [0.4, 0.5) is 5.69 Å². The van der Waals surface area contributed by atoms with Crippen molar-refractivity contribution >= 4 is 17.5 Å². The van der Waals surface area contributed by atoms with Gasteiger partial charge in [0.25, 0.3) is 5.91 Å². The molecule has 1 aliphatic rings. The summed E-state index contributed by atoms with van der Waals surface area (Å²) in [6.45, 7) is 11.2. The number of anilines is 1. The molecule has 0 unspecified atom stereocenters. The highest BCUT2D eigenvalue weighted by Gasteiger charge is 2.23. The molecule has 2 aromatic carbocycles. The molecule has 1 fully saturated rings. The Bertz CT molecular complexity index is 883. The van der Waals surface area contributed by atoms with E-state index < -0.39 is 0 Å². The van der Waals surface area contributed by atoms with E-state index in [9.17, 15) is 9.59 Å². The highest BCUT2D eigenvalue weighted by molar-refractivity contribution is 5.95. The molecule has 148 valence electrons. The van der Waals surface area contributed by atoms with Crippen molar-refractivity contribution in [3.63, 3.8) is 0 Å². The van der Waals surface area contributed by atoms with Crippen molar-refractivity contribution < 1.29 is 9.59 Å². The van der Waals surface area contributed by atoms with Crippen LogP contribution in [-0.4, -0.2) is 54.3 Å². The number of benzene rings is 2. The Morgan fingerprint density at radius 1 is 0.857 bits per heavy atom. The zero-order valence-electron chi connectivity index (χ0n) is 17.2.